The minimum absolute atomic E-state index is 0.197. The van der Waals surface area contributed by atoms with E-state index in [1.54, 1.807) is 12.1 Å². The molecule has 0 radical (unpaired) electrons. The number of fused-ring (bicyclic) bond motifs is 1. The molecule has 0 bridgehead atoms. The molecule has 1 aliphatic heterocycles. The van der Waals surface area contributed by atoms with Gasteiger partial charge in [-0.1, -0.05) is 44.2 Å². The first kappa shape index (κ1) is 18.1. The highest BCUT2D eigenvalue weighted by Gasteiger charge is 2.26. The fraction of sp³-hybridized carbons (Fsp3) is 0.273. The zero-order chi connectivity index (χ0) is 19.7. The summed E-state index contributed by atoms with van der Waals surface area (Å²) >= 11 is 0. The number of carboxylic acids is 1. The number of pyridine rings is 1. The Bertz CT molecular complexity index is 1020. The molecule has 0 saturated carbocycles. The van der Waals surface area contributed by atoms with Gasteiger partial charge in [0, 0.05) is 30.3 Å². The summed E-state index contributed by atoms with van der Waals surface area (Å²) in [4.78, 5) is 27.6. The van der Waals surface area contributed by atoms with E-state index >= 15 is 0 Å². The van der Waals surface area contributed by atoms with Gasteiger partial charge in [0.05, 0.1) is 17.9 Å². The fourth-order valence-corrected chi connectivity index (χ4v) is 3.43. The van der Waals surface area contributed by atoms with E-state index in [0.717, 1.165) is 34.8 Å². The number of nitrogens with zero attached hydrogens (tertiary/aromatic N) is 4. The summed E-state index contributed by atoms with van der Waals surface area (Å²) in [5.41, 5.74) is 3.88. The molecule has 3 heterocycles. The summed E-state index contributed by atoms with van der Waals surface area (Å²) in [6.45, 7) is 5.37. The summed E-state index contributed by atoms with van der Waals surface area (Å²) < 4.78 is 0. The van der Waals surface area contributed by atoms with E-state index in [1.807, 2.05) is 41.4 Å². The van der Waals surface area contributed by atoms with Crippen LogP contribution in [-0.4, -0.2) is 26.0 Å². The Morgan fingerprint density at radius 2 is 1.89 bits per heavy atom. The molecular formula is C22H22N4O2. The van der Waals surface area contributed by atoms with Gasteiger partial charge < -0.3 is 10.0 Å². The Hall–Kier alpha value is -3.28. The minimum Gasteiger partial charge on any atom is -0.478 e. The van der Waals surface area contributed by atoms with Crippen LogP contribution in [0.4, 0.5) is 5.82 Å². The van der Waals surface area contributed by atoms with Gasteiger partial charge in [0.25, 0.3) is 0 Å². The molecule has 1 aromatic carbocycles. The lowest BCUT2D eigenvalue weighted by atomic mass is 10.1. The molecule has 3 aromatic rings. The Kier molecular flexibility index (Phi) is 4.77. The molecule has 6 heteroatoms. The van der Waals surface area contributed by atoms with Gasteiger partial charge in [0.1, 0.15) is 17.2 Å². The average molecular weight is 374 g/mol. The molecule has 0 atom stereocenters. The minimum atomic E-state index is -0.982. The van der Waals surface area contributed by atoms with Gasteiger partial charge in [-0.3, -0.25) is 0 Å². The van der Waals surface area contributed by atoms with Crippen LogP contribution in [0.1, 0.15) is 41.3 Å². The Balaban J connectivity index is 1.69. The van der Waals surface area contributed by atoms with Crippen molar-refractivity contribution < 1.29 is 9.90 Å². The molecule has 142 valence electrons. The van der Waals surface area contributed by atoms with E-state index in [0.29, 0.717) is 24.8 Å². The lowest BCUT2D eigenvalue weighted by Gasteiger charge is -2.19. The molecule has 6 nitrogen and oxygen atoms in total. The third-order valence-electron chi connectivity index (χ3n) is 4.77. The second-order valence-corrected chi connectivity index (χ2v) is 7.45. The first-order valence-electron chi connectivity index (χ1n) is 9.39. The number of hydrogen-bond donors (Lipinski definition) is 1. The second kappa shape index (κ2) is 7.38. The summed E-state index contributed by atoms with van der Waals surface area (Å²) in [5, 5.41) is 9.65. The number of rotatable bonds is 5. The van der Waals surface area contributed by atoms with Crippen molar-refractivity contribution in [3.05, 3.63) is 71.3 Å². The van der Waals surface area contributed by atoms with Gasteiger partial charge in [0.2, 0.25) is 0 Å². The topological polar surface area (TPSA) is 79.2 Å². The summed E-state index contributed by atoms with van der Waals surface area (Å²) in [6, 6.07) is 13.2. The molecule has 4 rings (SSSR count). The molecule has 0 unspecified atom stereocenters. The van der Waals surface area contributed by atoms with Crippen LogP contribution in [0.15, 0.2) is 48.7 Å². The van der Waals surface area contributed by atoms with Crippen LogP contribution in [0.2, 0.25) is 0 Å². The van der Waals surface area contributed by atoms with Crippen molar-refractivity contribution in [2.45, 2.75) is 33.4 Å². The van der Waals surface area contributed by atoms with Crippen LogP contribution >= 0.6 is 0 Å². The highest BCUT2D eigenvalue weighted by Crippen LogP contribution is 2.30. The molecule has 28 heavy (non-hydrogen) atoms. The molecule has 2 aromatic heterocycles. The molecule has 0 fully saturated rings. The van der Waals surface area contributed by atoms with Gasteiger partial charge in [-0.25, -0.2) is 19.7 Å². The van der Waals surface area contributed by atoms with Crippen molar-refractivity contribution in [2.24, 2.45) is 5.92 Å². The van der Waals surface area contributed by atoms with Crippen molar-refractivity contribution in [3.63, 3.8) is 0 Å². The monoisotopic (exact) mass is 374 g/mol. The molecular weight excluding hydrogens is 352 g/mol. The quantitative estimate of drug-likeness (QED) is 0.728. The van der Waals surface area contributed by atoms with Crippen molar-refractivity contribution in [3.8, 4) is 11.3 Å². The molecule has 0 spiro atoms. The zero-order valence-corrected chi connectivity index (χ0v) is 16.0. The van der Waals surface area contributed by atoms with Crippen LogP contribution in [0.5, 0.6) is 0 Å². The SMILES string of the molecule is CC(C)Cc1ncc2c(n1)CN(c1nc(-c3ccccc3)ccc1C(=O)O)C2. The largest absolute Gasteiger partial charge is 0.478 e. The maximum absolute atomic E-state index is 11.8. The Morgan fingerprint density at radius 1 is 1.11 bits per heavy atom. The van der Waals surface area contributed by atoms with Crippen molar-refractivity contribution in [2.75, 3.05) is 4.90 Å². The highest BCUT2D eigenvalue weighted by atomic mass is 16.4. The zero-order valence-electron chi connectivity index (χ0n) is 16.0. The number of aromatic carboxylic acids is 1. The first-order valence-corrected chi connectivity index (χ1v) is 9.39. The molecule has 0 amide bonds. The van der Waals surface area contributed by atoms with E-state index in [-0.39, 0.29) is 5.56 Å². The second-order valence-electron chi connectivity index (χ2n) is 7.45. The standard InChI is InChI=1S/C22H22N4O2/c1-14(2)10-20-23-11-16-12-26(13-19(16)24-20)21-17(22(27)28)8-9-18(25-21)15-6-4-3-5-7-15/h3-9,11,14H,10,12-13H2,1-2H3,(H,27,28). The van der Waals surface area contributed by atoms with Gasteiger partial charge in [0.15, 0.2) is 0 Å². The first-order chi connectivity index (χ1) is 13.5. The van der Waals surface area contributed by atoms with Crippen LogP contribution in [-0.2, 0) is 19.5 Å². The third-order valence-corrected chi connectivity index (χ3v) is 4.77. The average Bonchev–Trinajstić information content (AvgIpc) is 3.11. The summed E-state index contributed by atoms with van der Waals surface area (Å²) in [5.74, 6) is 0.806. The number of carboxylic acid groups (broad SMARTS) is 1. The van der Waals surface area contributed by atoms with Crippen molar-refractivity contribution in [1.82, 2.24) is 15.0 Å². The van der Waals surface area contributed by atoms with Crippen LogP contribution < -0.4 is 4.90 Å². The van der Waals surface area contributed by atoms with E-state index in [9.17, 15) is 9.90 Å². The number of anilines is 1. The molecule has 1 aliphatic rings. The molecule has 0 saturated heterocycles. The summed E-state index contributed by atoms with van der Waals surface area (Å²) in [6.07, 6.45) is 2.69. The lowest BCUT2D eigenvalue weighted by Crippen LogP contribution is -2.20. The maximum Gasteiger partial charge on any atom is 0.339 e. The van der Waals surface area contributed by atoms with Gasteiger partial charge >= 0.3 is 5.97 Å². The Labute approximate surface area is 163 Å². The van der Waals surface area contributed by atoms with Crippen LogP contribution in [0.25, 0.3) is 11.3 Å². The van der Waals surface area contributed by atoms with Crippen LogP contribution in [0, 0.1) is 5.92 Å². The summed E-state index contributed by atoms with van der Waals surface area (Å²) in [7, 11) is 0. The van der Waals surface area contributed by atoms with E-state index in [4.69, 9.17) is 9.97 Å². The van der Waals surface area contributed by atoms with E-state index in [1.165, 1.54) is 0 Å². The lowest BCUT2D eigenvalue weighted by molar-refractivity contribution is 0.0697. The number of aromatic nitrogens is 3. The van der Waals surface area contributed by atoms with Crippen LogP contribution in [0.3, 0.4) is 0 Å². The number of hydrogen-bond acceptors (Lipinski definition) is 5. The highest BCUT2D eigenvalue weighted by molar-refractivity contribution is 5.94. The van der Waals surface area contributed by atoms with Crippen molar-refractivity contribution >= 4 is 11.8 Å². The number of benzene rings is 1. The number of carbonyl (C=O) groups is 1. The smallest absolute Gasteiger partial charge is 0.339 e. The van der Waals surface area contributed by atoms with Gasteiger partial charge in [-0.2, -0.15) is 0 Å². The Morgan fingerprint density at radius 3 is 2.61 bits per heavy atom. The predicted octanol–water partition coefficient (Wildman–Crippen LogP) is 3.96. The van der Waals surface area contributed by atoms with E-state index in [2.05, 4.69) is 18.8 Å². The van der Waals surface area contributed by atoms with Gasteiger partial charge in [-0.15, -0.1) is 0 Å². The van der Waals surface area contributed by atoms with Crippen molar-refractivity contribution in [1.29, 1.82) is 0 Å². The van der Waals surface area contributed by atoms with Gasteiger partial charge in [-0.05, 0) is 18.1 Å². The fourth-order valence-electron chi connectivity index (χ4n) is 3.43. The van der Waals surface area contributed by atoms with E-state index < -0.39 is 5.97 Å². The third kappa shape index (κ3) is 3.58. The molecule has 0 aliphatic carbocycles. The molecule has 1 N–H and O–H groups in total. The normalized spacial score (nSPS) is 13.0. The maximum atomic E-state index is 11.8. The predicted molar refractivity (Wildman–Crippen MR) is 107 cm³/mol.